The summed E-state index contributed by atoms with van der Waals surface area (Å²) in [5, 5.41) is 19.6. The van der Waals surface area contributed by atoms with E-state index >= 15 is 0 Å². The lowest BCUT2D eigenvalue weighted by molar-refractivity contribution is -0.386. The van der Waals surface area contributed by atoms with E-state index in [0.29, 0.717) is 5.56 Å². The van der Waals surface area contributed by atoms with Crippen molar-refractivity contribution in [3.05, 3.63) is 33.9 Å². The van der Waals surface area contributed by atoms with Gasteiger partial charge in [0.05, 0.1) is 11.5 Å². The number of amides is 1. The molecule has 7 heteroatoms. The van der Waals surface area contributed by atoms with Crippen LogP contribution in [0.15, 0.2) is 18.2 Å². The van der Waals surface area contributed by atoms with E-state index in [2.05, 4.69) is 0 Å². The molecule has 0 heterocycles. The van der Waals surface area contributed by atoms with Crippen LogP contribution in [0.25, 0.3) is 0 Å². The van der Waals surface area contributed by atoms with Crippen LogP contribution in [0.3, 0.4) is 0 Å². The molecule has 1 atom stereocenters. The van der Waals surface area contributed by atoms with E-state index in [9.17, 15) is 14.9 Å². The van der Waals surface area contributed by atoms with Crippen LogP contribution in [0.5, 0.6) is 5.75 Å². The third-order valence-electron chi connectivity index (χ3n) is 2.11. The number of ether oxygens (including phenoxy) is 1. The molecule has 17 heavy (non-hydrogen) atoms. The van der Waals surface area contributed by atoms with Crippen LogP contribution in [0, 0.1) is 10.1 Å². The number of aliphatic hydroxyl groups excluding tert-OH is 1. The molecule has 3 N–H and O–H groups in total. The minimum Gasteiger partial charge on any atom is -0.474 e. The molecule has 0 aliphatic carbocycles. The van der Waals surface area contributed by atoms with Gasteiger partial charge in [0, 0.05) is 6.07 Å². The Morgan fingerprint density at radius 3 is 2.76 bits per heavy atom. The van der Waals surface area contributed by atoms with Crippen LogP contribution in [-0.4, -0.2) is 22.0 Å². The Bertz CT molecular complexity index is 446. The summed E-state index contributed by atoms with van der Waals surface area (Å²) in [6, 6.07) is 3.97. The number of nitro groups is 1. The van der Waals surface area contributed by atoms with Crippen molar-refractivity contribution < 1.29 is 19.6 Å². The number of aliphatic hydroxyl groups is 1. The quantitative estimate of drug-likeness (QED) is 0.568. The maximum absolute atomic E-state index is 10.8. The molecule has 1 amide bonds. The second-order valence-corrected chi connectivity index (χ2v) is 3.38. The van der Waals surface area contributed by atoms with Gasteiger partial charge in [-0.25, -0.2) is 0 Å². The van der Waals surface area contributed by atoms with E-state index in [1.54, 1.807) is 0 Å². The Morgan fingerprint density at radius 2 is 2.29 bits per heavy atom. The van der Waals surface area contributed by atoms with Crippen LogP contribution in [0.2, 0.25) is 0 Å². The highest BCUT2D eigenvalue weighted by Gasteiger charge is 2.19. The SMILES string of the molecule is CC(Oc1ccc(CO)cc1[N+](=O)[O-])C(N)=O. The third kappa shape index (κ3) is 3.15. The molecule has 1 aromatic carbocycles. The minimum absolute atomic E-state index is 0.0569. The van der Waals surface area contributed by atoms with Gasteiger partial charge in [0.15, 0.2) is 11.9 Å². The van der Waals surface area contributed by atoms with Gasteiger partial charge in [-0.1, -0.05) is 6.07 Å². The fraction of sp³-hybridized carbons (Fsp3) is 0.300. The third-order valence-corrected chi connectivity index (χ3v) is 2.11. The molecule has 0 aliphatic heterocycles. The van der Waals surface area contributed by atoms with Gasteiger partial charge in [0.2, 0.25) is 0 Å². The van der Waals surface area contributed by atoms with E-state index in [1.165, 1.54) is 25.1 Å². The van der Waals surface area contributed by atoms with Crippen molar-refractivity contribution in [2.75, 3.05) is 0 Å². The molecule has 1 rings (SSSR count). The molecule has 0 radical (unpaired) electrons. The zero-order valence-electron chi connectivity index (χ0n) is 9.12. The maximum Gasteiger partial charge on any atom is 0.311 e. The number of hydrogen-bond donors (Lipinski definition) is 2. The smallest absolute Gasteiger partial charge is 0.311 e. The van der Waals surface area contributed by atoms with Crippen LogP contribution in [0.4, 0.5) is 5.69 Å². The summed E-state index contributed by atoms with van der Waals surface area (Å²) < 4.78 is 5.07. The molecule has 1 unspecified atom stereocenters. The molecule has 0 bridgehead atoms. The first-order chi connectivity index (χ1) is 7.95. The molecule has 7 nitrogen and oxygen atoms in total. The number of carbonyl (C=O) groups is 1. The lowest BCUT2D eigenvalue weighted by Crippen LogP contribution is -2.30. The fourth-order valence-electron chi connectivity index (χ4n) is 1.15. The Balaban J connectivity index is 3.06. The summed E-state index contributed by atoms with van der Waals surface area (Å²) in [7, 11) is 0. The van der Waals surface area contributed by atoms with Gasteiger partial charge < -0.3 is 15.6 Å². The van der Waals surface area contributed by atoms with E-state index < -0.39 is 16.9 Å². The van der Waals surface area contributed by atoms with Crippen LogP contribution in [0.1, 0.15) is 12.5 Å². The normalized spacial score (nSPS) is 11.9. The number of nitrogens with two attached hydrogens (primary N) is 1. The summed E-state index contributed by atoms with van der Waals surface area (Å²) in [4.78, 5) is 20.9. The molecular formula is C10H12N2O5. The lowest BCUT2D eigenvalue weighted by atomic mass is 10.2. The van der Waals surface area contributed by atoms with Crippen molar-refractivity contribution >= 4 is 11.6 Å². The first-order valence-corrected chi connectivity index (χ1v) is 4.80. The Labute approximate surface area is 97.0 Å². The zero-order chi connectivity index (χ0) is 13.0. The summed E-state index contributed by atoms with van der Waals surface area (Å²) in [6.45, 7) is 1.08. The minimum atomic E-state index is -0.964. The number of hydrogen-bond acceptors (Lipinski definition) is 5. The second-order valence-electron chi connectivity index (χ2n) is 3.38. The number of benzene rings is 1. The highest BCUT2D eigenvalue weighted by atomic mass is 16.6. The summed E-state index contributed by atoms with van der Waals surface area (Å²) in [5.74, 6) is -0.774. The van der Waals surface area contributed by atoms with Crippen molar-refractivity contribution in [2.24, 2.45) is 5.73 Å². The van der Waals surface area contributed by atoms with Gasteiger partial charge in [0.25, 0.3) is 5.91 Å². The van der Waals surface area contributed by atoms with Gasteiger partial charge >= 0.3 is 5.69 Å². The van der Waals surface area contributed by atoms with Crippen molar-refractivity contribution in [1.82, 2.24) is 0 Å². The monoisotopic (exact) mass is 240 g/mol. The maximum atomic E-state index is 10.8. The first-order valence-electron chi connectivity index (χ1n) is 4.80. The average molecular weight is 240 g/mol. The van der Waals surface area contributed by atoms with Gasteiger partial charge in [-0.3, -0.25) is 14.9 Å². The second kappa shape index (κ2) is 5.26. The number of primary amides is 1. The van der Waals surface area contributed by atoms with Gasteiger partial charge in [-0.05, 0) is 18.6 Å². The Morgan fingerprint density at radius 1 is 1.65 bits per heavy atom. The predicted octanol–water partition coefficient (Wildman–Crippen LogP) is 0.340. The van der Waals surface area contributed by atoms with E-state index in [0.717, 1.165) is 0 Å². The topological polar surface area (TPSA) is 116 Å². The van der Waals surface area contributed by atoms with Gasteiger partial charge in [0.1, 0.15) is 0 Å². The largest absolute Gasteiger partial charge is 0.474 e. The molecule has 0 saturated heterocycles. The first kappa shape index (κ1) is 12.9. The fourth-order valence-corrected chi connectivity index (χ4v) is 1.15. The Hall–Kier alpha value is -2.15. The summed E-state index contributed by atoms with van der Waals surface area (Å²) >= 11 is 0. The van der Waals surface area contributed by atoms with Crippen LogP contribution < -0.4 is 10.5 Å². The Kier molecular flexibility index (Phi) is 4.00. The number of rotatable bonds is 5. The predicted molar refractivity (Wildman–Crippen MR) is 58.3 cm³/mol. The molecule has 1 aromatic rings. The van der Waals surface area contributed by atoms with Crippen molar-refractivity contribution in [3.63, 3.8) is 0 Å². The van der Waals surface area contributed by atoms with Crippen molar-refractivity contribution in [1.29, 1.82) is 0 Å². The molecule has 0 fully saturated rings. The molecule has 0 aliphatic rings. The number of carbonyl (C=O) groups excluding carboxylic acids is 1. The van der Waals surface area contributed by atoms with Gasteiger partial charge in [-0.15, -0.1) is 0 Å². The molecule has 92 valence electrons. The van der Waals surface area contributed by atoms with Crippen LogP contribution in [-0.2, 0) is 11.4 Å². The molecule has 0 aromatic heterocycles. The number of nitrogens with zero attached hydrogens (tertiary/aromatic N) is 1. The van der Waals surface area contributed by atoms with E-state index in [4.69, 9.17) is 15.6 Å². The standard InChI is InChI=1S/C10H12N2O5/c1-6(10(11)14)17-9-3-2-7(5-13)4-8(9)12(15)16/h2-4,6,13H,5H2,1H3,(H2,11,14). The van der Waals surface area contributed by atoms with E-state index in [-0.39, 0.29) is 18.0 Å². The zero-order valence-corrected chi connectivity index (χ0v) is 9.12. The van der Waals surface area contributed by atoms with Gasteiger partial charge in [-0.2, -0.15) is 0 Å². The lowest BCUT2D eigenvalue weighted by Gasteiger charge is -2.11. The number of nitro benzene ring substituents is 1. The molecule has 0 spiro atoms. The van der Waals surface area contributed by atoms with Crippen LogP contribution >= 0.6 is 0 Å². The average Bonchev–Trinajstić information content (AvgIpc) is 2.29. The van der Waals surface area contributed by atoms with Crippen molar-refractivity contribution in [2.45, 2.75) is 19.6 Å². The summed E-state index contributed by atoms with van der Waals surface area (Å²) in [5.41, 5.74) is 5.06. The highest BCUT2D eigenvalue weighted by Crippen LogP contribution is 2.28. The molecule has 0 saturated carbocycles. The van der Waals surface area contributed by atoms with Crippen molar-refractivity contribution in [3.8, 4) is 5.75 Å². The van der Waals surface area contributed by atoms with E-state index in [1.807, 2.05) is 0 Å². The highest BCUT2D eigenvalue weighted by molar-refractivity contribution is 5.78. The molecular weight excluding hydrogens is 228 g/mol. The summed E-state index contributed by atoms with van der Waals surface area (Å²) in [6.07, 6.45) is -0.964.